The van der Waals surface area contributed by atoms with Gasteiger partial charge in [-0.25, -0.2) is 0 Å². The Labute approximate surface area is 97.3 Å². The molecule has 0 bridgehead atoms. The summed E-state index contributed by atoms with van der Waals surface area (Å²) in [7, 11) is 1.57. The quantitative estimate of drug-likeness (QED) is 0.834. The number of hydrogen-bond donors (Lipinski definition) is 2. The lowest BCUT2D eigenvalue weighted by Gasteiger charge is -2.05. The van der Waals surface area contributed by atoms with Crippen LogP contribution in [0.1, 0.15) is 0 Å². The Morgan fingerprint density at radius 2 is 2.00 bits per heavy atom. The Kier molecular flexibility index (Phi) is 4.65. The highest BCUT2D eigenvalue weighted by Crippen LogP contribution is 2.15. The van der Waals surface area contributed by atoms with Crippen LogP contribution in [-0.2, 0) is 4.79 Å². The molecular formula is C10H12N2O3S. The van der Waals surface area contributed by atoms with Gasteiger partial charge in [-0.3, -0.25) is 9.59 Å². The molecule has 0 aromatic heterocycles. The zero-order valence-electron chi connectivity index (χ0n) is 8.73. The van der Waals surface area contributed by atoms with E-state index in [1.54, 1.807) is 31.4 Å². The molecule has 86 valence electrons. The van der Waals surface area contributed by atoms with Gasteiger partial charge in [0.1, 0.15) is 5.75 Å². The van der Waals surface area contributed by atoms with E-state index in [9.17, 15) is 9.59 Å². The van der Waals surface area contributed by atoms with E-state index in [4.69, 9.17) is 10.5 Å². The zero-order valence-corrected chi connectivity index (χ0v) is 9.54. The van der Waals surface area contributed by atoms with Gasteiger partial charge in [0.15, 0.2) is 0 Å². The second-order valence-electron chi connectivity index (χ2n) is 2.88. The molecule has 6 heteroatoms. The number of anilines is 1. The van der Waals surface area contributed by atoms with Gasteiger partial charge in [-0.05, 0) is 24.3 Å². The van der Waals surface area contributed by atoms with Crippen molar-refractivity contribution < 1.29 is 14.3 Å². The maximum Gasteiger partial charge on any atom is 0.276 e. The average Bonchev–Trinajstić information content (AvgIpc) is 2.27. The predicted molar refractivity (Wildman–Crippen MR) is 63.7 cm³/mol. The van der Waals surface area contributed by atoms with Gasteiger partial charge in [-0.15, -0.1) is 0 Å². The Morgan fingerprint density at radius 1 is 1.38 bits per heavy atom. The minimum absolute atomic E-state index is 0.0152. The summed E-state index contributed by atoms with van der Waals surface area (Å²) >= 11 is 0.768. The number of nitrogens with two attached hydrogens (primary N) is 1. The molecule has 0 heterocycles. The van der Waals surface area contributed by atoms with Crippen LogP contribution in [0.5, 0.6) is 5.75 Å². The number of benzene rings is 1. The number of methoxy groups -OCH3 is 1. The second kappa shape index (κ2) is 6.02. The van der Waals surface area contributed by atoms with Crippen LogP contribution >= 0.6 is 11.8 Å². The summed E-state index contributed by atoms with van der Waals surface area (Å²) < 4.78 is 4.98. The lowest BCUT2D eigenvalue weighted by Crippen LogP contribution is -2.16. The fraction of sp³-hybridized carbons (Fsp3) is 0.200. The number of nitrogens with one attached hydrogen (secondary N) is 1. The van der Waals surface area contributed by atoms with Crippen molar-refractivity contribution in [2.24, 2.45) is 5.73 Å². The Bertz CT molecular complexity index is 378. The van der Waals surface area contributed by atoms with Gasteiger partial charge in [0, 0.05) is 5.69 Å². The number of rotatable bonds is 4. The average molecular weight is 240 g/mol. The molecule has 16 heavy (non-hydrogen) atoms. The summed E-state index contributed by atoms with van der Waals surface area (Å²) in [6.45, 7) is 0. The first-order valence-electron chi connectivity index (χ1n) is 4.48. The molecule has 0 saturated carbocycles. The molecule has 0 radical (unpaired) electrons. The number of carbonyl (C=O) groups excluding carboxylic acids is 2. The van der Waals surface area contributed by atoms with E-state index in [1.165, 1.54) is 0 Å². The minimum Gasteiger partial charge on any atom is -0.497 e. The van der Waals surface area contributed by atoms with E-state index in [2.05, 4.69) is 5.32 Å². The summed E-state index contributed by atoms with van der Waals surface area (Å²) in [5, 5.41) is 2.06. The summed E-state index contributed by atoms with van der Waals surface area (Å²) in [6.07, 6.45) is 0. The fourth-order valence-electron chi connectivity index (χ4n) is 1.01. The first kappa shape index (κ1) is 12.4. The minimum atomic E-state index is -0.565. The molecule has 0 aliphatic rings. The molecule has 5 nitrogen and oxygen atoms in total. The standard InChI is InChI=1S/C10H12N2O3S/c1-15-8-4-2-7(3-5-8)12-9(13)6-16-10(11)14/h2-5H,6H2,1H3,(H2,11,14)(H,12,13). The Hall–Kier alpha value is -1.69. The largest absolute Gasteiger partial charge is 0.497 e. The van der Waals surface area contributed by atoms with Crippen molar-refractivity contribution in [2.75, 3.05) is 18.2 Å². The number of thioether (sulfide) groups is 1. The van der Waals surface area contributed by atoms with Crippen LogP contribution in [0.2, 0.25) is 0 Å². The third kappa shape index (κ3) is 4.22. The first-order valence-corrected chi connectivity index (χ1v) is 5.46. The van der Waals surface area contributed by atoms with Crippen LogP contribution in [0.4, 0.5) is 10.5 Å². The maximum absolute atomic E-state index is 11.3. The second-order valence-corrected chi connectivity index (χ2v) is 3.86. The molecule has 0 unspecified atom stereocenters. The van der Waals surface area contributed by atoms with Gasteiger partial charge in [0.25, 0.3) is 5.24 Å². The number of primary amides is 1. The molecule has 2 amide bonds. The van der Waals surface area contributed by atoms with Crippen molar-refractivity contribution in [2.45, 2.75) is 0 Å². The predicted octanol–water partition coefficient (Wildman–Crippen LogP) is 1.45. The molecule has 0 atom stereocenters. The van der Waals surface area contributed by atoms with Crippen LogP contribution in [0, 0.1) is 0 Å². The van der Waals surface area contributed by atoms with E-state index in [1.807, 2.05) is 0 Å². The van der Waals surface area contributed by atoms with E-state index in [-0.39, 0.29) is 11.7 Å². The molecule has 1 aromatic carbocycles. The summed E-state index contributed by atoms with van der Waals surface area (Å²) in [5.74, 6) is 0.458. The van der Waals surface area contributed by atoms with Gasteiger partial charge >= 0.3 is 0 Å². The van der Waals surface area contributed by atoms with Crippen LogP contribution < -0.4 is 15.8 Å². The molecule has 0 spiro atoms. The Balaban J connectivity index is 2.46. The van der Waals surface area contributed by atoms with Crippen molar-refractivity contribution in [1.29, 1.82) is 0 Å². The van der Waals surface area contributed by atoms with Gasteiger partial charge in [0.2, 0.25) is 5.91 Å². The van der Waals surface area contributed by atoms with Crippen molar-refractivity contribution in [1.82, 2.24) is 0 Å². The summed E-state index contributed by atoms with van der Waals surface area (Å²) in [4.78, 5) is 21.7. The van der Waals surface area contributed by atoms with Crippen molar-refractivity contribution in [3.8, 4) is 5.75 Å². The smallest absolute Gasteiger partial charge is 0.276 e. The molecule has 0 saturated heterocycles. The lowest BCUT2D eigenvalue weighted by atomic mass is 10.3. The van der Waals surface area contributed by atoms with Crippen LogP contribution in [0.15, 0.2) is 24.3 Å². The fourth-order valence-corrected chi connectivity index (χ4v) is 1.35. The van der Waals surface area contributed by atoms with Gasteiger partial charge in [-0.2, -0.15) is 0 Å². The molecule has 0 fully saturated rings. The number of carbonyl (C=O) groups is 2. The van der Waals surface area contributed by atoms with E-state index in [0.717, 1.165) is 11.8 Å². The molecule has 0 aliphatic carbocycles. The molecule has 1 aromatic rings. The monoisotopic (exact) mass is 240 g/mol. The van der Waals surface area contributed by atoms with Crippen LogP contribution in [0.3, 0.4) is 0 Å². The summed E-state index contributed by atoms with van der Waals surface area (Å²) in [6, 6.07) is 6.89. The summed E-state index contributed by atoms with van der Waals surface area (Å²) in [5.41, 5.74) is 5.55. The maximum atomic E-state index is 11.3. The molecular weight excluding hydrogens is 228 g/mol. The first-order chi connectivity index (χ1) is 7.61. The SMILES string of the molecule is COc1ccc(NC(=O)CSC(N)=O)cc1. The highest BCUT2D eigenvalue weighted by Gasteiger charge is 2.04. The third-order valence-electron chi connectivity index (χ3n) is 1.72. The number of hydrogen-bond acceptors (Lipinski definition) is 4. The van der Waals surface area contributed by atoms with Gasteiger partial charge in [-0.1, -0.05) is 11.8 Å². The van der Waals surface area contributed by atoms with Gasteiger partial charge in [0.05, 0.1) is 12.9 Å². The van der Waals surface area contributed by atoms with E-state index in [0.29, 0.717) is 11.4 Å². The number of amides is 2. The molecule has 1 rings (SSSR count). The third-order valence-corrected chi connectivity index (χ3v) is 2.41. The van der Waals surface area contributed by atoms with Crippen LogP contribution in [-0.4, -0.2) is 24.0 Å². The van der Waals surface area contributed by atoms with Crippen molar-refractivity contribution in [3.63, 3.8) is 0 Å². The van der Waals surface area contributed by atoms with Crippen LogP contribution in [0.25, 0.3) is 0 Å². The van der Waals surface area contributed by atoms with Crippen molar-refractivity contribution >= 4 is 28.6 Å². The lowest BCUT2D eigenvalue weighted by molar-refractivity contribution is -0.113. The van der Waals surface area contributed by atoms with Crippen molar-refractivity contribution in [3.05, 3.63) is 24.3 Å². The van der Waals surface area contributed by atoms with E-state index >= 15 is 0 Å². The highest BCUT2D eigenvalue weighted by atomic mass is 32.2. The van der Waals surface area contributed by atoms with E-state index < -0.39 is 5.24 Å². The molecule has 0 aliphatic heterocycles. The van der Waals surface area contributed by atoms with Gasteiger partial charge < -0.3 is 15.8 Å². The number of ether oxygens (including phenoxy) is 1. The normalized spacial score (nSPS) is 9.56. The molecule has 3 N–H and O–H groups in total. The topological polar surface area (TPSA) is 81.4 Å². The Morgan fingerprint density at radius 3 is 2.50 bits per heavy atom. The highest BCUT2D eigenvalue weighted by molar-refractivity contribution is 8.14. The zero-order chi connectivity index (χ0) is 12.0.